The summed E-state index contributed by atoms with van der Waals surface area (Å²) in [6.07, 6.45) is 0.488. The minimum atomic E-state index is -2.62. The maximum absolute atomic E-state index is 12.7. The molecule has 22 heavy (non-hydrogen) atoms. The van der Waals surface area contributed by atoms with Gasteiger partial charge in [0.25, 0.3) is 6.43 Å². The lowest BCUT2D eigenvalue weighted by Gasteiger charge is -2.09. The van der Waals surface area contributed by atoms with Crippen molar-refractivity contribution in [2.75, 3.05) is 5.32 Å². The highest BCUT2D eigenvalue weighted by atomic mass is 32.1. The van der Waals surface area contributed by atoms with Gasteiger partial charge in [-0.2, -0.15) is 0 Å². The van der Waals surface area contributed by atoms with Crippen molar-refractivity contribution in [3.63, 3.8) is 0 Å². The van der Waals surface area contributed by atoms with Crippen LogP contribution >= 0.6 is 11.3 Å². The van der Waals surface area contributed by atoms with Crippen LogP contribution < -0.4 is 5.32 Å². The highest BCUT2D eigenvalue weighted by Gasteiger charge is 2.10. The fourth-order valence-corrected chi connectivity index (χ4v) is 2.65. The van der Waals surface area contributed by atoms with E-state index in [0.717, 1.165) is 21.7 Å². The number of nitrogens with zero attached hydrogens (tertiary/aromatic N) is 3. The van der Waals surface area contributed by atoms with E-state index in [-0.39, 0.29) is 11.6 Å². The molecule has 0 saturated carbocycles. The number of hydrogen-bond acceptors (Lipinski definition) is 5. The van der Waals surface area contributed by atoms with Gasteiger partial charge in [0.15, 0.2) is 0 Å². The molecule has 0 spiro atoms. The van der Waals surface area contributed by atoms with Gasteiger partial charge < -0.3 is 5.32 Å². The van der Waals surface area contributed by atoms with Crippen LogP contribution in [-0.4, -0.2) is 15.0 Å². The van der Waals surface area contributed by atoms with E-state index in [1.807, 2.05) is 25.1 Å². The number of aryl methyl sites for hydroxylation is 1. The van der Waals surface area contributed by atoms with Crippen LogP contribution in [-0.2, 0) is 0 Å². The Morgan fingerprint density at radius 1 is 1.23 bits per heavy atom. The third kappa shape index (κ3) is 3.25. The summed E-state index contributed by atoms with van der Waals surface area (Å²) < 4.78 is 25.4. The van der Waals surface area contributed by atoms with Crippen molar-refractivity contribution in [3.8, 4) is 10.4 Å². The van der Waals surface area contributed by atoms with Crippen LogP contribution in [0.1, 0.15) is 17.7 Å². The maximum Gasteiger partial charge on any atom is 0.280 e. The number of alkyl halides is 2. The largest absolute Gasteiger partial charge is 0.324 e. The summed E-state index contributed by atoms with van der Waals surface area (Å²) in [6.45, 7) is 1.96. The van der Waals surface area contributed by atoms with Crippen LogP contribution in [0.2, 0.25) is 0 Å². The molecule has 0 fully saturated rings. The lowest BCUT2D eigenvalue weighted by molar-refractivity contribution is 0.146. The molecule has 0 aliphatic rings. The van der Waals surface area contributed by atoms with Crippen molar-refractivity contribution in [3.05, 3.63) is 53.4 Å². The second-order valence-corrected chi connectivity index (χ2v) is 5.57. The smallest absolute Gasteiger partial charge is 0.280 e. The normalized spacial score (nSPS) is 10.9. The number of nitrogens with one attached hydrogen (secondary N) is 1. The topological polar surface area (TPSA) is 50.7 Å². The monoisotopic (exact) mass is 318 g/mol. The standard InChI is InChI=1S/C15H12F2N4S/c1-9-4-10(13-7-18-8-22-13)6-11(5-9)20-15-19-3-2-12(21-15)14(16)17/h2-8,14H,1H3,(H,19,20,21). The van der Waals surface area contributed by atoms with Crippen molar-refractivity contribution >= 4 is 23.0 Å². The molecular formula is C15H12F2N4S. The molecule has 112 valence electrons. The van der Waals surface area contributed by atoms with E-state index in [1.165, 1.54) is 23.6 Å². The van der Waals surface area contributed by atoms with Gasteiger partial charge in [0.1, 0.15) is 5.69 Å². The second-order valence-electron chi connectivity index (χ2n) is 4.68. The highest BCUT2D eigenvalue weighted by Crippen LogP contribution is 2.28. The van der Waals surface area contributed by atoms with E-state index in [9.17, 15) is 8.78 Å². The number of anilines is 2. The quantitative estimate of drug-likeness (QED) is 0.764. The first-order chi connectivity index (χ1) is 10.6. The first kappa shape index (κ1) is 14.5. The molecule has 0 saturated heterocycles. The molecule has 0 amide bonds. The van der Waals surface area contributed by atoms with Gasteiger partial charge in [-0.25, -0.2) is 18.7 Å². The number of rotatable bonds is 4. The Morgan fingerprint density at radius 2 is 2.09 bits per heavy atom. The lowest BCUT2D eigenvalue weighted by Crippen LogP contribution is -2.00. The van der Waals surface area contributed by atoms with Gasteiger partial charge in [-0.05, 0) is 36.2 Å². The van der Waals surface area contributed by atoms with Crippen molar-refractivity contribution in [2.45, 2.75) is 13.3 Å². The lowest BCUT2D eigenvalue weighted by atomic mass is 10.1. The Hall–Kier alpha value is -2.41. The highest BCUT2D eigenvalue weighted by molar-refractivity contribution is 7.13. The number of hydrogen-bond donors (Lipinski definition) is 1. The Labute approximate surface area is 129 Å². The van der Waals surface area contributed by atoms with Crippen LogP contribution in [0, 0.1) is 6.92 Å². The minimum absolute atomic E-state index is 0.152. The Morgan fingerprint density at radius 3 is 2.82 bits per heavy atom. The van der Waals surface area contributed by atoms with Gasteiger partial charge in [0.2, 0.25) is 5.95 Å². The van der Waals surface area contributed by atoms with Gasteiger partial charge in [-0.3, -0.25) is 4.98 Å². The third-order valence-electron chi connectivity index (χ3n) is 2.95. The van der Waals surface area contributed by atoms with Gasteiger partial charge >= 0.3 is 0 Å². The fraction of sp³-hybridized carbons (Fsp3) is 0.133. The molecule has 7 heteroatoms. The molecule has 1 aromatic carbocycles. The molecule has 1 N–H and O–H groups in total. The summed E-state index contributed by atoms with van der Waals surface area (Å²) in [7, 11) is 0. The van der Waals surface area contributed by atoms with Crippen molar-refractivity contribution in [2.24, 2.45) is 0 Å². The zero-order valence-corrected chi connectivity index (χ0v) is 12.4. The molecule has 0 unspecified atom stereocenters. The Bertz CT molecular complexity index is 775. The summed E-state index contributed by atoms with van der Waals surface area (Å²) in [4.78, 5) is 12.9. The van der Waals surface area contributed by atoms with Crippen molar-refractivity contribution in [1.82, 2.24) is 15.0 Å². The van der Waals surface area contributed by atoms with Gasteiger partial charge in [-0.1, -0.05) is 6.07 Å². The van der Waals surface area contributed by atoms with E-state index in [1.54, 1.807) is 11.7 Å². The molecule has 0 radical (unpaired) electrons. The first-order valence-electron chi connectivity index (χ1n) is 6.50. The number of halogens is 2. The summed E-state index contributed by atoms with van der Waals surface area (Å²) in [5, 5.41) is 2.97. The molecule has 0 aliphatic heterocycles. The Balaban J connectivity index is 1.91. The summed E-state index contributed by atoms with van der Waals surface area (Å²) in [5.74, 6) is 0.152. The fourth-order valence-electron chi connectivity index (χ4n) is 2.04. The van der Waals surface area contributed by atoms with E-state index in [4.69, 9.17) is 0 Å². The Kier molecular flexibility index (Phi) is 4.06. The van der Waals surface area contributed by atoms with Crippen LogP contribution in [0.25, 0.3) is 10.4 Å². The van der Waals surface area contributed by atoms with Crippen molar-refractivity contribution < 1.29 is 8.78 Å². The second kappa shape index (κ2) is 6.15. The predicted molar refractivity (Wildman–Crippen MR) is 82.6 cm³/mol. The van der Waals surface area contributed by atoms with E-state index in [2.05, 4.69) is 20.3 Å². The summed E-state index contributed by atoms with van der Waals surface area (Å²) in [5.41, 5.74) is 4.26. The molecule has 2 aromatic heterocycles. The zero-order valence-electron chi connectivity index (χ0n) is 11.6. The summed E-state index contributed by atoms with van der Waals surface area (Å²) >= 11 is 1.54. The number of thiazole rings is 1. The van der Waals surface area contributed by atoms with Crippen LogP contribution in [0.3, 0.4) is 0 Å². The summed E-state index contributed by atoms with van der Waals surface area (Å²) in [6, 6.07) is 7.06. The molecule has 4 nitrogen and oxygen atoms in total. The minimum Gasteiger partial charge on any atom is -0.324 e. The molecule has 3 aromatic rings. The first-order valence-corrected chi connectivity index (χ1v) is 7.38. The maximum atomic E-state index is 12.7. The SMILES string of the molecule is Cc1cc(Nc2nccc(C(F)F)n2)cc(-c2cncs2)c1. The van der Waals surface area contributed by atoms with Crippen LogP contribution in [0.5, 0.6) is 0 Å². The van der Waals surface area contributed by atoms with Crippen LogP contribution in [0.15, 0.2) is 42.2 Å². The van der Waals surface area contributed by atoms with E-state index in [0.29, 0.717) is 0 Å². The van der Waals surface area contributed by atoms with Gasteiger partial charge in [-0.15, -0.1) is 11.3 Å². The van der Waals surface area contributed by atoms with Gasteiger partial charge in [0, 0.05) is 18.1 Å². The van der Waals surface area contributed by atoms with E-state index < -0.39 is 6.43 Å². The molecule has 3 rings (SSSR count). The molecule has 2 heterocycles. The van der Waals surface area contributed by atoms with Gasteiger partial charge in [0.05, 0.1) is 10.4 Å². The van der Waals surface area contributed by atoms with Crippen LogP contribution in [0.4, 0.5) is 20.4 Å². The molecular weight excluding hydrogens is 306 g/mol. The third-order valence-corrected chi connectivity index (χ3v) is 3.77. The van der Waals surface area contributed by atoms with E-state index >= 15 is 0 Å². The molecule has 0 atom stereocenters. The average Bonchev–Trinajstić information content (AvgIpc) is 3.01. The zero-order chi connectivity index (χ0) is 15.5. The van der Waals surface area contributed by atoms with Crippen molar-refractivity contribution in [1.29, 1.82) is 0 Å². The predicted octanol–water partition coefficient (Wildman–Crippen LogP) is 4.59. The average molecular weight is 318 g/mol. The molecule has 0 bridgehead atoms. The molecule has 0 aliphatic carbocycles. The number of aromatic nitrogens is 3. The number of benzene rings is 1.